The number of hydrogen-bond donors (Lipinski definition) is 4. The molecule has 0 aliphatic carbocycles. The molecule has 0 saturated heterocycles. The molecule has 0 fully saturated rings. The van der Waals surface area contributed by atoms with Crippen molar-refractivity contribution in [3.63, 3.8) is 0 Å². The molecular weight excluding hydrogens is 231 g/mol. The molecule has 0 rings (SSSR count). The lowest BCUT2D eigenvalue weighted by atomic mass is 10.7. The van der Waals surface area contributed by atoms with Gasteiger partial charge < -0.3 is 10.6 Å². The van der Waals surface area contributed by atoms with Crippen molar-refractivity contribution in [2.24, 2.45) is 0 Å². The molecule has 0 bridgehead atoms. The summed E-state index contributed by atoms with van der Waals surface area (Å²) in [6.07, 6.45) is 0. The molecule has 8 heteroatoms. The highest BCUT2D eigenvalue weighted by atomic mass is 35.5. The molecule has 0 radical (unpaired) electrons. The molecule has 0 aromatic carbocycles. The van der Waals surface area contributed by atoms with Gasteiger partial charge >= 0.3 is 12.1 Å². The van der Waals surface area contributed by atoms with E-state index < -0.39 is 12.1 Å². The molecule has 14 heavy (non-hydrogen) atoms. The number of urea groups is 2. The number of hydrogen-bond acceptors (Lipinski definition) is 2. The van der Waals surface area contributed by atoms with Gasteiger partial charge in [0.05, 0.1) is 0 Å². The fraction of sp³-hybridized carbons (Fsp3) is 0.667. The van der Waals surface area contributed by atoms with Crippen LogP contribution >= 0.6 is 23.2 Å². The lowest BCUT2D eigenvalue weighted by molar-refractivity contribution is 0.225. The van der Waals surface area contributed by atoms with E-state index in [1.807, 2.05) is 0 Å². The van der Waals surface area contributed by atoms with Crippen LogP contribution < -0.4 is 21.5 Å². The number of halogens is 2. The van der Waals surface area contributed by atoms with Crippen LogP contribution in [0.25, 0.3) is 0 Å². The largest absolute Gasteiger partial charge is 0.336 e. The van der Waals surface area contributed by atoms with Crippen LogP contribution in [0.3, 0.4) is 0 Å². The number of carbonyl (C=O) groups is 2. The molecule has 0 aromatic heterocycles. The van der Waals surface area contributed by atoms with Crippen molar-refractivity contribution in [3.8, 4) is 0 Å². The zero-order chi connectivity index (χ0) is 10.8. The molecule has 0 unspecified atom stereocenters. The predicted octanol–water partition coefficient (Wildman–Crippen LogP) is -0.0226. The van der Waals surface area contributed by atoms with Crippen LogP contribution in [0.4, 0.5) is 9.59 Å². The molecule has 0 heterocycles. The highest BCUT2D eigenvalue weighted by Crippen LogP contribution is 1.71. The van der Waals surface area contributed by atoms with E-state index >= 15 is 0 Å². The number of hydrazine groups is 1. The normalized spacial score (nSPS) is 9.00. The Morgan fingerprint density at radius 2 is 1.21 bits per heavy atom. The highest BCUT2D eigenvalue weighted by Gasteiger charge is 2.01. The van der Waals surface area contributed by atoms with E-state index in [9.17, 15) is 9.59 Å². The Balaban J connectivity index is 3.41. The summed E-state index contributed by atoms with van der Waals surface area (Å²) in [5.74, 6) is 0.623. The summed E-state index contributed by atoms with van der Waals surface area (Å²) in [7, 11) is 0. The van der Waals surface area contributed by atoms with E-state index in [-0.39, 0.29) is 0 Å². The van der Waals surface area contributed by atoms with Gasteiger partial charge in [0, 0.05) is 24.8 Å². The van der Waals surface area contributed by atoms with Crippen LogP contribution in [0, 0.1) is 0 Å². The van der Waals surface area contributed by atoms with Crippen LogP contribution in [0.1, 0.15) is 0 Å². The van der Waals surface area contributed by atoms with Gasteiger partial charge in [0.1, 0.15) is 0 Å². The number of amides is 4. The SMILES string of the molecule is O=C(NCCCl)NNC(=O)NCCCl. The number of carbonyl (C=O) groups excluding carboxylic acids is 2. The van der Waals surface area contributed by atoms with Crippen LogP contribution in [-0.4, -0.2) is 36.9 Å². The molecular formula is C6H12Cl2N4O2. The first kappa shape index (κ1) is 13.1. The average molecular weight is 243 g/mol. The molecule has 0 aromatic rings. The second-order valence-electron chi connectivity index (χ2n) is 2.14. The van der Waals surface area contributed by atoms with E-state index in [4.69, 9.17) is 23.2 Å². The van der Waals surface area contributed by atoms with Crippen molar-refractivity contribution >= 4 is 35.3 Å². The zero-order valence-electron chi connectivity index (χ0n) is 7.40. The summed E-state index contributed by atoms with van der Waals surface area (Å²) in [4.78, 5) is 21.7. The zero-order valence-corrected chi connectivity index (χ0v) is 8.91. The summed E-state index contributed by atoms with van der Waals surface area (Å²) >= 11 is 10.6. The smallest absolute Gasteiger partial charge is 0.333 e. The van der Waals surface area contributed by atoms with Gasteiger partial charge in [-0.05, 0) is 0 Å². The Labute approximate surface area is 91.7 Å². The maximum absolute atomic E-state index is 10.8. The summed E-state index contributed by atoms with van der Waals surface area (Å²) in [6, 6.07) is -1.04. The Morgan fingerprint density at radius 3 is 1.50 bits per heavy atom. The fourth-order valence-corrected chi connectivity index (χ4v) is 0.712. The van der Waals surface area contributed by atoms with Crippen molar-refractivity contribution in [2.45, 2.75) is 0 Å². The van der Waals surface area contributed by atoms with Gasteiger partial charge in [-0.25, -0.2) is 20.4 Å². The Morgan fingerprint density at radius 1 is 0.857 bits per heavy atom. The van der Waals surface area contributed by atoms with Gasteiger partial charge in [-0.15, -0.1) is 23.2 Å². The van der Waals surface area contributed by atoms with Crippen molar-refractivity contribution in [1.29, 1.82) is 0 Å². The van der Waals surface area contributed by atoms with Gasteiger partial charge in [0.2, 0.25) is 0 Å². The average Bonchev–Trinajstić information content (AvgIpc) is 2.20. The molecule has 0 saturated carbocycles. The molecule has 82 valence electrons. The molecule has 0 spiro atoms. The minimum atomic E-state index is -0.522. The van der Waals surface area contributed by atoms with Crippen molar-refractivity contribution in [3.05, 3.63) is 0 Å². The molecule has 6 nitrogen and oxygen atoms in total. The quantitative estimate of drug-likeness (QED) is 0.413. The van der Waals surface area contributed by atoms with E-state index in [0.717, 1.165) is 0 Å². The fourth-order valence-electron chi connectivity index (χ4n) is 0.523. The van der Waals surface area contributed by atoms with Crippen LogP contribution in [-0.2, 0) is 0 Å². The van der Waals surface area contributed by atoms with Gasteiger partial charge in [-0.3, -0.25) is 0 Å². The minimum absolute atomic E-state index is 0.311. The molecule has 0 aliphatic heterocycles. The number of nitrogens with one attached hydrogen (secondary N) is 4. The van der Waals surface area contributed by atoms with E-state index in [1.165, 1.54) is 0 Å². The lowest BCUT2D eigenvalue weighted by Crippen LogP contribution is -2.51. The molecule has 0 atom stereocenters. The third-order valence-electron chi connectivity index (χ3n) is 1.05. The van der Waals surface area contributed by atoms with Crippen LogP contribution in [0.5, 0.6) is 0 Å². The molecule has 4 N–H and O–H groups in total. The first-order chi connectivity index (χ1) is 6.70. The Bertz CT molecular complexity index is 171. The highest BCUT2D eigenvalue weighted by molar-refractivity contribution is 6.18. The Hall–Kier alpha value is -0.880. The number of alkyl halides is 2. The molecule has 4 amide bonds. The number of rotatable bonds is 4. The minimum Gasteiger partial charge on any atom is -0.336 e. The second kappa shape index (κ2) is 8.71. The van der Waals surface area contributed by atoms with E-state index in [0.29, 0.717) is 24.8 Å². The van der Waals surface area contributed by atoms with Crippen molar-refractivity contribution in [1.82, 2.24) is 21.5 Å². The van der Waals surface area contributed by atoms with Crippen molar-refractivity contribution < 1.29 is 9.59 Å². The summed E-state index contributed by atoms with van der Waals surface area (Å²) < 4.78 is 0. The second-order valence-corrected chi connectivity index (χ2v) is 2.90. The maximum atomic E-state index is 10.8. The van der Waals surface area contributed by atoms with Gasteiger partial charge in [-0.2, -0.15) is 0 Å². The summed E-state index contributed by atoms with van der Waals surface area (Å²) in [5, 5.41) is 4.79. The Kier molecular flexibility index (Phi) is 8.16. The summed E-state index contributed by atoms with van der Waals surface area (Å²) in [5.41, 5.74) is 4.22. The topological polar surface area (TPSA) is 82.3 Å². The maximum Gasteiger partial charge on any atom is 0.333 e. The monoisotopic (exact) mass is 242 g/mol. The standard InChI is InChI=1S/C6H12Cl2N4O2/c7-1-3-9-5(13)11-12-6(14)10-4-2-8/h1-4H2,(H2,9,11,13)(H2,10,12,14). The third kappa shape index (κ3) is 7.75. The van der Waals surface area contributed by atoms with Crippen LogP contribution in [0.15, 0.2) is 0 Å². The van der Waals surface area contributed by atoms with Crippen molar-refractivity contribution in [2.75, 3.05) is 24.8 Å². The molecule has 0 aliphatic rings. The van der Waals surface area contributed by atoms with Gasteiger partial charge in [0.15, 0.2) is 0 Å². The lowest BCUT2D eigenvalue weighted by Gasteiger charge is -2.08. The predicted molar refractivity (Wildman–Crippen MR) is 54.5 cm³/mol. The summed E-state index contributed by atoms with van der Waals surface area (Å²) in [6.45, 7) is 0.663. The van der Waals surface area contributed by atoms with E-state index in [1.54, 1.807) is 0 Å². The van der Waals surface area contributed by atoms with Gasteiger partial charge in [-0.1, -0.05) is 0 Å². The van der Waals surface area contributed by atoms with E-state index in [2.05, 4.69) is 21.5 Å². The van der Waals surface area contributed by atoms with Crippen LogP contribution in [0.2, 0.25) is 0 Å². The third-order valence-corrected chi connectivity index (χ3v) is 1.43. The first-order valence-corrected chi connectivity index (χ1v) is 4.97. The van der Waals surface area contributed by atoms with Gasteiger partial charge in [0.25, 0.3) is 0 Å². The first-order valence-electron chi connectivity index (χ1n) is 3.90.